The molecule has 0 aromatic carbocycles. The molecule has 0 aromatic heterocycles. The third-order valence-electron chi connectivity index (χ3n) is 3.56. The molecular weight excluding hydrogens is 257 g/mol. The van der Waals surface area contributed by atoms with Crippen LogP contribution < -0.4 is 5.73 Å². The molecule has 19 heavy (non-hydrogen) atoms. The lowest BCUT2D eigenvalue weighted by molar-refractivity contribution is -0.167. The molecule has 2 N–H and O–H groups in total. The highest BCUT2D eigenvalue weighted by Gasteiger charge is 2.37. The van der Waals surface area contributed by atoms with E-state index in [1.165, 1.54) is 0 Å². The summed E-state index contributed by atoms with van der Waals surface area (Å²) in [7, 11) is 0. The van der Waals surface area contributed by atoms with Crippen LogP contribution >= 0.6 is 0 Å². The van der Waals surface area contributed by atoms with Gasteiger partial charge >= 0.3 is 6.18 Å². The second-order valence-corrected chi connectivity index (χ2v) is 4.96. The highest BCUT2D eigenvalue weighted by atomic mass is 19.4. The van der Waals surface area contributed by atoms with E-state index in [2.05, 4.69) is 0 Å². The van der Waals surface area contributed by atoms with Crippen LogP contribution in [0.15, 0.2) is 0 Å². The quantitative estimate of drug-likeness (QED) is 0.780. The summed E-state index contributed by atoms with van der Waals surface area (Å²) in [6.45, 7) is 5.98. The van der Waals surface area contributed by atoms with E-state index >= 15 is 0 Å². The van der Waals surface area contributed by atoms with E-state index in [1.54, 1.807) is 20.8 Å². The van der Waals surface area contributed by atoms with Gasteiger partial charge in [-0.3, -0.25) is 4.79 Å². The van der Waals surface area contributed by atoms with Gasteiger partial charge in [-0.1, -0.05) is 34.1 Å². The molecule has 0 fully saturated rings. The van der Waals surface area contributed by atoms with Crippen molar-refractivity contribution in [1.29, 1.82) is 0 Å². The zero-order valence-electron chi connectivity index (χ0n) is 12.1. The fraction of sp³-hybridized carbons (Fsp3) is 0.923. The number of carbonyl (C=O) groups excluding carboxylic acids is 1. The van der Waals surface area contributed by atoms with Gasteiger partial charge in [0.2, 0.25) is 5.91 Å². The largest absolute Gasteiger partial charge is 0.406 e. The molecule has 0 aliphatic carbocycles. The van der Waals surface area contributed by atoms with Crippen LogP contribution in [0.2, 0.25) is 0 Å². The predicted octanol–water partition coefficient (Wildman–Crippen LogP) is 2.94. The van der Waals surface area contributed by atoms with Crippen molar-refractivity contribution in [3.05, 3.63) is 0 Å². The SMILES string of the molecule is CCC(CC)N(CC(F)(F)F)C(=O)[C@@H](N)[C@@H](C)CC. The lowest BCUT2D eigenvalue weighted by atomic mass is 9.97. The second-order valence-electron chi connectivity index (χ2n) is 4.96. The molecule has 0 bridgehead atoms. The van der Waals surface area contributed by atoms with Crippen molar-refractivity contribution < 1.29 is 18.0 Å². The van der Waals surface area contributed by atoms with Gasteiger partial charge in [0.25, 0.3) is 0 Å². The van der Waals surface area contributed by atoms with Crippen LogP contribution in [0, 0.1) is 5.92 Å². The molecule has 0 aliphatic rings. The van der Waals surface area contributed by atoms with Crippen molar-refractivity contribution in [3.8, 4) is 0 Å². The Morgan fingerprint density at radius 2 is 1.63 bits per heavy atom. The molecule has 2 atom stereocenters. The van der Waals surface area contributed by atoms with E-state index in [4.69, 9.17) is 5.73 Å². The van der Waals surface area contributed by atoms with Gasteiger partial charge in [0, 0.05) is 6.04 Å². The summed E-state index contributed by atoms with van der Waals surface area (Å²) in [6, 6.07) is -1.28. The summed E-state index contributed by atoms with van der Waals surface area (Å²) < 4.78 is 37.8. The molecule has 0 spiro atoms. The molecule has 0 radical (unpaired) electrons. The second kappa shape index (κ2) is 7.72. The van der Waals surface area contributed by atoms with Gasteiger partial charge in [-0.15, -0.1) is 0 Å². The van der Waals surface area contributed by atoms with Crippen molar-refractivity contribution in [2.75, 3.05) is 6.54 Å². The number of amides is 1. The van der Waals surface area contributed by atoms with E-state index in [1.807, 2.05) is 6.92 Å². The van der Waals surface area contributed by atoms with Crippen molar-refractivity contribution in [2.24, 2.45) is 11.7 Å². The third-order valence-corrected chi connectivity index (χ3v) is 3.56. The third kappa shape index (κ3) is 5.80. The molecule has 6 heteroatoms. The van der Waals surface area contributed by atoms with Crippen LogP contribution in [-0.2, 0) is 4.79 Å². The van der Waals surface area contributed by atoms with E-state index in [0.717, 1.165) is 4.90 Å². The Bertz CT molecular complexity index is 278. The molecule has 1 amide bonds. The maximum atomic E-state index is 12.6. The number of hydrogen-bond acceptors (Lipinski definition) is 2. The molecule has 3 nitrogen and oxygen atoms in total. The van der Waals surface area contributed by atoms with Crippen LogP contribution in [0.5, 0.6) is 0 Å². The van der Waals surface area contributed by atoms with Crippen LogP contribution in [0.25, 0.3) is 0 Å². The maximum absolute atomic E-state index is 12.6. The summed E-state index contributed by atoms with van der Waals surface area (Å²) in [5.74, 6) is -0.724. The average molecular weight is 282 g/mol. The van der Waals surface area contributed by atoms with Crippen LogP contribution in [-0.4, -0.2) is 35.6 Å². The molecule has 0 rings (SSSR count). The Balaban J connectivity index is 5.06. The van der Waals surface area contributed by atoms with Crippen molar-refractivity contribution in [2.45, 2.75) is 65.2 Å². The zero-order chi connectivity index (χ0) is 15.2. The summed E-state index contributed by atoms with van der Waals surface area (Å²) in [4.78, 5) is 13.1. The highest BCUT2D eigenvalue weighted by Crippen LogP contribution is 2.22. The summed E-state index contributed by atoms with van der Waals surface area (Å²) >= 11 is 0. The molecule has 0 aromatic rings. The van der Waals surface area contributed by atoms with Crippen molar-refractivity contribution >= 4 is 5.91 Å². The first kappa shape index (κ1) is 18.2. The molecule has 0 saturated heterocycles. The average Bonchev–Trinajstić information content (AvgIpc) is 2.34. The van der Waals surface area contributed by atoms with Gasteiger partial charge in [-0.25, -0.2) is 0 Å². The van der Waals surface area contributed by atoms with Gasteiger partial charge in [-0.05, 0) is 18.8 Å². The number of hydrogen-bond donors (Lipinski definition) is 1. The van der Waals surface area contributed by atoms with E-state index < -0.39 is 30.7 Å². The number of carbonyl (C=O) groups is 1. The Kier molecular flexibility index (Phi) is 7.41. The summed E-state index contributed by atoms with van der Waals surface area (Å²) in [6.07, 6.45) is -2.75. The van der Waals surface area contributed by atoms with Gasteiger partial charge in [0.15, 0.2) is 0 Å². The first-order chi connectivity index (χ1) is 8.67. The highest BCUT2D eigenvalue weighted by molar-refractivity contribution is 5.82. The molecular formula is C13H25F3N2O. The van der Waals surface area contributed by atoms with Crippen LogP contribution in [0.4, 0.5) is 13.2 Å². The topological polar surface area (TPSA) is 46.3 Å². The Morgan fingerprint density at radius 3 is 1.95 bits per heavy atom. The fourth-order valence-corrected chi connectivity index (χ4v) is 2.00. The minimum absolute atomic E-state index is 0.127. The van der Waals surface area contributed by atoms with E-state index in [-0.39, 0.29) is 5.92 Å². The number of nitrogens with two attached hydrogens (primary N) is 1. The first-order valence-electron chi connectivity index (χ1n) is 6.80. The zero-order valence-corrected chi connectivity index (χ0v) is 12.1. The molecule has 0 aliphatic heterocycles. The lowest BCUT2D eigenvalue weighted by Gasteiger charge is -2.34. The molecule has 0 heterocycles. The number of alkyl halides is 3. The van der Waals surface area contributed by atoms with Gasteiger partial charge < -0.3 is 10.6 Å². The molecule has 0 unspecified atom stereocenters. The van der Waals surface area contributed by atoms with Gasteiger partial charge in [0.1, 0.15) is 6.54 Å². The van der Waals surface area contributed by atoms with Gasteiger partial charge in [0.05, 0.1) is 6.04 Å². The predicted molar refractivity (Wildman–Crippen MR) is 69.6 cm³/mol. The normalized spacial score (nSPS) is 15.4. The van der Waals surface area contributed by atoms with E-state index in [0.29, 0.717) is 19.3 Å². The van der Waals surface area contributed by atoms with Crippen LogP contribution in [0.3, 0.4) is 0 Å². The molecule has 0 saturated carbocycles. The Labute approximate surface area is 113 Å². The van der Waals surface area contributed by atoms with E-state index in [9.17, 15) is 18.0 Å². The standard InChI is InChI=1S/C13H25F3N2O/c1-5-9(4)11(17)12(19)18(8-13(14,15)16)10(6-2)7-3/h9-11H,5-8,17H2,1-4H3/t9-,11-/m0/s1. The molecule has 114 valence electrons. The summed E-state index contributed by atoms with van der Waals surface area (Å²) in [5, 5.41) is 0. The minimum Gasteiger partial charge on any atom is -0.329 e. The number of nitrogens with zero attached hydrogens (tertiary/aromatic N) is 1. The lowest BCUT2D eigenvalue weighted by Crippen LogP contribution is -2.53. The van der Waals surface area contributed by atoms with Crippen molar-refractivity contribution in [3.63, 3.8) is 0 Å². The Hall–Kier alpha value is -0.780. The monoisotopic (exact) mass is 282 g/mol. The Morgan fingerprint density at radius 1 is 1.16 bits per heavy atom. The minimum atomic E-state index is -4.40. The number of rotatable bonds is 7. The first-order valence-corrected chi connectivity index (χ1v) is 6.80. The smallest absolute Gasteiger partial charge is 0.329 e. The van der Waals surface area contributed by atoms with Crippen molar-refractivity contribution in [1.82, 2.24) is 4.90 Å². The number of halogens is 3. The maximum Gasteiger partial charge on any atom is 0.406 e. The van der Waals surface area contributed by atoms with Gasteiger partial charge in [-0.2, -0.15) is 13.2 Å². The summed E-state index contributed by atoms with van der Waals surface area (Å²) in [5.41, 5.74) is 5.78. The van der Waals surface area contributed by atoms with Crippen LogP contribution in [0.1, 0.15) is 47.0 Å². The fourth-order valence-electron chi connectivity index (χ4n) is 2.00.